The van der Waals surface area contributed by atoms with Crippen LogP contribution in [0.4, 0.5) is 17.6 Å². The van der Waals surface area contributed by atoms with E-state index in [1.54, 1.807) is 0 Å². The molecular formula is C13H12F4N2O2S. The third-order valence-corrected chi connectivity index (χ3v) is 4.01. The number of hydrogen-bond donors (Lipinski definition) is 2. The number of hydrogen-bond acceptors (Lipinski definition) is 3. The van der Waals surface area contributed by atoms with Gasteiger partial charge in [0.05, 0.1) is 11.3 Å². The molecule has 22 heavy (non-hydrogen) atoms. The molecule has 1 aromatic carbocycles. The minimum absolute atomic E-state index is 0.120. The van der Waals surface area contributed by atoms with Gasteiger partial charge >= 0.3 is 6.18 Å². The van der Waals surface area contributed by atoms with Gasteiger partial charge in [-0.1, -0.05) is 6.07 Å². The molecule has 0 aromatic heterocycles. The van der Waals surface area contributed by atoms with Crippen LogP contribution in [0.25, 0.3) is 0 Å². The van der Waals surface area contributed by atoms with Gasteiger partial charge in [0.25, 0.3) is 0 Å². The minimum Gasteiger partial charge on any atom is -0.350 e. The highest BCUT2D eigenvalue weighted by atomic mass is 32.2. The monoisotopic (exact) mass is 336 g/mol. The Morgan fingerprint density at radius 2 is 2.14 bits per heavy atom. The Hall–Kier alpha value is -1.77. The fourth-order valence-electron chi connectivity index (χ4n) is 1.90. The smallest absolute Gasteiger partial charge is 0.350 e. The van der Waals surface area contributed by atoms with Crippen molar-refractivity contribution < 1.29 is 27.2 Å². The summed E-state index contributed by atoms with van der Waals surface area (Å²) in [6.45, 7) is -0.120. The van der Waals surface area contributed by atoms with Crippen LogP contribution in [-0.4, -0.2) is 29.4 Å². The van der Waals surface area contributed by atoms with Gasteiger partial charge in [0, 0.05) is 12.3 Å². The van der Waals surface area contributed by atoms with Crippen LogP contribution >= 0.6 is 11.8 Å². The molecule has 1 saturated heterocycles. The lowest BCUT2D eigenvalue weighted by Crippen LogP contribution is -2.51. The molecular weight excluding hydrogens is 324 g/mol. The van der Waals surface area contributed by atoms with Gasteiger partial charge in [-0.25, -0.2) is 4.39 Å². The van der Waals surface area contributed by atoms with Crippen molar-refractivity contribution in [2.75, 3.05) is 11.5 Å². The number of rotatable bonds is 3. The summed E-state index contributed by atoms with van der Waals surface area (Å²) in [6.07, 6.45) is -4.75. The molecule has 1 aliphatic heterocycles. The number of carbonyl (C=O) groups excluding carboxylic acids is 2. The van der Waals surface area contributed by atoms with Gasteiger partial charge in [-0.15, -0.1) is 11.8 Å². The molecule has 0 bridgehead atoms. The third kappa shape index (κ3) is 4.12. The summed E-state index contributed by atoms with van der Waals surface area (Å²) in [5.41, 5.74) is -1.15. The quantitative estimate of drug-likeness (QED) is 0.826. The highest BCUT2D eigenvalue weighted by Crippen LogP contribution is 2.31. The maximum atomic E-state index is 13.4. The molecule has 0 radical (unpaired) electrons. The summed E-state index contributed by atoms with van der Waals surface area (Å²) in [7, 11) is 0. The van der Waals surface area contributed by atoms with Gasteiger partial charge in [-0.2, -0.15) is 13.2 Å². The number of alkyl halides is 3. The first-order valence-electron chi connectivity index (χ1n) is 6.28. The average molecular weight is 336 g/mol. The van der Waals surface area contributed by atoms with Crippen molar-refractivity contribution in [3.05, 3.63) is 35.1 Å². The predicted molar refractivity (Wildman–Crippen MR) is 72.5 cm³/mol. The lowest BCUT2D eigenvalue weighted by Gasteiger charge is -2.22. The average Bonchev–Trinajstić information content (AvgIpc) is 2.43. The first-order valence-corrected chi connectivity index (χ1v) is 7.43. The van der Waals surface area contributed by atoms with Gasteiger partial charge in [0.1, 0.15) is 11.9 Å². The van der Waals surface area contributed by atoms with E-state index in [-0.39, 0.29) is 23.8 Å². The van der Waals surface area contributed by atoms with Crippen molar-refractivity contribution in [3.63, 3.8) is 0 Å². The third-order valence-electron chi connectivity index (χ3n) is 2.98. The molecule has 2 N–H and O–H groups in total. The number of benzene rings is 1. The van der Waals surface area contributed by atoms with Gasteiger partial charge in [0.2, 0.25) is 11.8 Å². The SMILES string of the molecule is O=C1CSC[C@@H](C(=O)NCc2ccc(C(F)(F)F)c(F)c2)N1. The summed E-state index contributed by atoms with van der Waals surface area (Å²) in [5, 5.41) is 4.96. The molecule has 2 amide bonds. The van der Waals surface area contributed by atoms with Crippen LogP contribution in [0.5, 0.6) is 0 Å². The second-order valence-electron chi connectivity index (χ2n) is 4.66. The second kappa shape index (κ2) is 6.55. The largest absolute Gasteiger partial charge is 0.419 e. The van der Waals surface area contributed by atoms with E-state index in [1.807, 2.05) is 0 Å². The van der Waals surface area contributed by atoms with Crippen molar-refractivity contribution in [1.29, 1.82) is 0 Å². The van der Waals surface area contributed by atoms with Crippen LogP contribution < -0.4 is 10.6 Å². The van der Waals surface area contributed by atoms with Crippen molar-refractivity contribution >= 4 is 23.6 Å². The Morgan fingerprint density at radius 1 is 1.41 bits per heavy atom. The Balaban J connectivity index is 1.95. The number of thioether (sulfide) groups is 1. The first kappa shape index (κ1) is 16.6. The molecule has 4 nitrogen and oxygen atoms in total. The van der Waals surface area contributed by atoms with Crippen LogP contribution in [0.15, 0.2) is 18.2 Å². The number of nitrogens with one attached hydrogen (secondary N) is 2. The van der Waals surface area contributed by atoms with E-state index in [2.05, 4.69) is 10.6 Å². The molecule has 9 heteroatoms. The summed E-state index contributed by atoms with van der Waals surface area (Å²) in [4.78, 5) is 23.0. The van der Waals surface area contributed by atoms with Crippen LogP contribution in [0.1, 0.15) is 11.1 Å². The summed E-state index contributed by atoms with van der Waals surface area (Å²) < 4.78 is 50.6. The van der Waals surface area contributed by atoms with Gasteiger partial charge in [0.15, 0.2) is 0 Å². The zero-order chi connectivity index (χ0) is 16.3. The molecule has 1 fully saturated rings. The molecule has 1 aromatic rings. The Morgan fingerprint density at radius 3 is 2.73 bits per heavy atom. The van der Waals surface area contributed by atoms with E-state index >= 15 is 0 Å². The lowest BCUT2D eigenvalue weighted by molar-refractivity contribution is -0.140. The lowest BCUT2D eigenvalue weighted by atomic mass is 10.1. The van der Waals surface area contributed by atoms with Crippen molar-refractivity contribution in [2.45, 2.75) is 18.8 Å². The molecule has 0 spiro atoms. The summed E-state index contributed by atoms with van der Waals surface area (Å²) in [5.74, 6) is -1.40. The standard InChI is InChI=1S/C13H12F4N2O2S/c14-9-3-7(1-2-8(9)13(15,16)17)4-18-12(21)10-5-22-6-11(20)19-10/h1-3,10H,4-6H2,(H,18,21)(H,19,20)/t10-/m0/s1. The highest BCUT2D eigenvalue weighted by molar-refractivity contribution is 8.00. The number of halogens is 4. The number of carbonyl (C=O) groups is 2. The fourth-order valence-corrected chi connectivity index (χ4v) is 2.76. The zero-order valence-corrected chi connectivity index (χ0v) is 12.0. The molecule has 0 saturated carbocycles. The maximum absolute atomic E-state index is 13.4. The summed E-state index contributed by atoms with van der Waals surface area (Å²) >= 11 is 1.31. The minimum atomic E-state index is -4.75. The fraction of sp³-hybridized carbons (Fsp3) is 0.385. The van der Waals surface area contributed by atoms with Gasteiger partial charge in [-0.3, -0.25) is 9.59 Å². The Labute approximate surface area is 127 Å². The van der Waals surface area contributed by atoms with E-state index in [1.165, 1.54) is 11.8 Å². The summed E-state index contributed by atoms with van der Waals surface area (Å²) in [6, 6.07) is 1.78. The predicted octanol–water partition coefficient (Wildman–Crippen LogP) is 1.69. The topological polar surface area (TPSA) is 58.2 Å². The van der Waals surface area contributed by atoms with Crippen LogP contribution in [-0.2, 0) is 22.3 Å². The van der Waals surface area contributed by atoms with Crippen LogP contribution in [0, 0.1) is 5.82 Å². The molecule has 1 atom stereocenters. The van der Waals surface area contributed by atoms with Crippen LogP contribution in [0.3, 0.4) is 0 Å². The second-order valence-corrected chi connectivity index (χ2v) is 5.70. The molecule has 1 heterocycles. The highest BCUT2D eigenvalue weighted by Gasteiger charge is 2.34. The van der Waals surface area contributed by atoms with E-state index in [0.717, 1.165) is 12.1 Å². The molecule has 120 valence electrons. The Kier molecular flexibility index (Phi) is 4.94. The van der Waals surface area contributed by atoms with Gasteiger partial charge in [-0.05, 0) is 17.7 Å². The molecule has 1 aliphatic rings. The zero-order valence-electron chi connectivity index (χ0n) is 11.2. The van der Waals surface area contributed by atoms with Crippen molar-refractivity contribution in [1.82, 2.24) is 10.6 Å². The maximum Gasteiger partial charge on any atom is 0.419 e. The first-order chi connectivity index (χ1) is 10.3. The van der Waals surface area contributed by atoms with Gasteiger partial charge < -0.3 is 10.6 Å². The van der Waals surface area contributed by atoms with Crippen molar-refractivity contribution in [2.24, 2.45) is 0 Å². The molecule has 2 rings (SSSR count). The van der Waals surface area contributed by atoms with Crippen LogP contribution in [0.2, 0.25) is 0 Å². The molecule has 0 aliphatic carbocycles. The van der Waals surface area contributed by atoms with E-state index in [4.69, 9.17) is 0 Å². The normalized spacial score (nSPS) is 18.7. The van der Waals surface area contributed by atoms with E-state index in [0.29, 0.717) is 11.8 Å². The van der Waals surface area contributed by atoms with E-state index in [9.17, 15) is 27.2 Å². The molecule has 0 unspecified atom stereocenters. The van der Waals surface area contributed by atoms with E-state index < -0.39 is 29.5 Å². The van der Waals surface area contributed by atoms with Crippen molar-refractivity contribution in [3.8, 4) is 0 Å². The Bertz CT molecular complexity index is 592. The number of amides is 2.